The number of rotatable bonds is 10. The van der Waals surface area contributed by atoms with Crippen LogP contribution in [0.5, 0.6) is 0 Å². The Balaban J connectivity index is 1.40. The van der Waals surface area contributed by atoms with Gasteiger partial charge in [-0.05, 0) is 28.3 Å². The summed E-state index contributed by atoms with van der Waals surface area (Å²) in [5, 5.41) is 62.4. The molecule has 4 aromatic rings. The Hall–Kier alpha value is -3.72. The molecule has 2 aromatic carbocycles. The maximum Gasteiger partial charge on any atom is 0.335 e. The topological polar surface area (TPSA) is 189 Å². The lowest BCUT2D eigenvalue weighted by Gasteiger charge is -2.37. The second-order valence-corrected chi connectivity index (χ2v) is 10.4. The molecule has 5 atom stereocenters. The molecule has 5 rings (SSSR count). The standard InChI is InChI=1S/C28H31ClN6O7/c1-2-3-8-20-30-25(29)19(14-36)34(20)13-15-9-11-16(12-10-15)17-6-4-5-7-18(17)26-31-33-35(32-26)27-23(39)21(37)22(38)24(42-27)28(40)41/h4-7,9-12,21-24,27,36-39H,2-3,8,13-14H2,1H3,(H,40,41)/t21-,22-,23-,24-,27+/m0/s1. The summed E-state index contributed by atoms with van der Waals surface area (Å²) < 4.78 is 7.27. The highest BCUT2D eigenvalue weighted by atomic mass is 35.5. The second-order valence-electron chi connectivity index (χ2n) is 10.0. The van der Waals surface area contributed by atoms with Gasteiger partial charge >= 0.3 is 5.97 Å². The van der Waals surface area contributed by atoms with Crippen molar-refractivity contribution in [2.75, 3.05) is 0 Å². The van der Waals surface area contributed by atoms with Crippen molar-refractivity contribution < 1.29 is 35.1 Å². The Kier molecular flexibility index (Phi) is 8.96. The Morgan fingerprint density at radius 2 is 1.74 bits per heavy atom. The molecule has 222 valence electrons. The number of carboxylic acid groups (broad SMARTS) is 1. The number of benzene rings is 2. The molecular weight excluding hydrogens is 568 g/mol. The van der Waals surface area contributed by atoms with E-state index in [4.69, 9.17) is 16.3 Å². The van der Waals surface area contributed by atoms with Crippen LogP contribution in [0.25, 0.3) is 22.5 Å². The summed E-state index contributed by atoms with van der Waals surface area (Å²) in [6, 6.07) is 15.2. The van der Waals surface area contributed by atoms with Crippen LogP contribution in [0.1, 0.15) is 43.1 Å². The number of aromatic nitrogens is 6. The highest BCUT2D eigenvalue weighted by Crippen LogP contribution is 2.32. The Bertz CT molecular complexity index is 1540. The van der Waals surface area contributed by atoms with Crippen LogP contribution in [0.3, 0.4) is 0 Å². The minimum Gasteiger partial charge on any atom is -0.479 e. The molecule has 2 aromatic heterocycles. The van der Waals surface area contributed by atoms with Crippen LogP contribution in [0, 0.1) is 0 Å². The number of aryl methyl sites for hydroxylation is 1. The van der Waals surface area contributed by atoms with Crippen molar-refractivity contribution in [3.8, 4) is 22.5 Å². The number of nitrogens with zero attached hydrogens (tertiary/aromatic N) is 6. The summed E-state index contributed by atoms with van der Waals surface area (Å²) in [5.41, 5.74) is 3.83. The van der Waals surface area contributed by atoms with Gasteiger partial charge in [-0.15, -0.1) is 15.0 Å². The number of aliphatic carboxylic acids is 1. The van der Waals surface area contributed by atoms with Crippen LogP contribution in [0.2, 0.25) is 5.15 Å². The zero-order valence-electron chi connectivity index (χ0n) is 22.7. The van der Waals surface area contributed by atoms with Crippen molar-refractivity contribution in [2.45, 2.75) is 70.0 Å². The van der Waals surface area contributed by atoms with Crippen molar-refractivity contribution in [3.63, 3.8) is 0 Å². The van der Waals surface area contributed by atoms with Gasteiger partial charge in [0.1, 0.15) is 24.1 Å². The number of carboxylic acids is 1. The number of aliphatic hydroxyl groups is 4. The highest BCUT2D eigenvalue weighted by Gasteiger charge is 2.48. The zero-order chi connectivity index (χ0) is 30.0. The van der Waals surface area contributed by atoms with Crippen molar-refractivity contribution >= 4 is 17.6 Å². The number of ether oxygens (including phenoxy) is 1. The molecule has 0 amide bonds. The fourth-order valence-corrected chi connectivity index (χ4v) is 5.23. The van der Waals surface area contributed by atoms with Gasteiger partial charge in [0, 0.05) is 18.5 Å². The normalized spacial score (nSPS) is 22.4. The van der Waals surface area contributed by atoms with Gasteiger partial charge < -0.3 is 34.8 Å². The lowest BCUT2D eigenvalue weighted by atomic mass is 9.98. The van der Waals surface area contributed by atoms with Crippen molar-refractivity contribution in [1.82, 2.24) is 29.8 Å². The molecule has 5 N–H and O–H groups in total. The van der Waals surface area contributed by atoms with Gasteiger partial charge in [0.05, 0.1) is 12.3 Å². The van der Waals surface area contributed by atoms with E-state index in [0.717, 1.165) is 46.6 Å². The number of imidazole rings is 1. The second kappa shape index (κ2) is 12.7. The summed E-state index contributed by atoms with van der Waals surface area (Å²) in [6.07, 6.45) is -5.86. The molecule has 0 bridgehead atoms. The first kappa shape index (κ1) is 29.8. The number of unbranched alkanes of at least 4 members (excludes halogenated alkanes) is 1. The third kappa shape index (κ3) is 5.79. The van der Waals surface area contributed by atoms with Crippen LogP contribution in [-0.2, 0) is 29.1 Å². The molecule has 42 heavy (non-hydrogen) atoms. The average Bonchev–Trinajstić information content (AvgIpc) is 3.59. The van der Waals surface area contributed by atoms with Gasteiger partial charge in [-0.3, -0.25) is 0 Å². The van der Waals surface area contributed by atoms with E-state index in [2.05, 4.69) is 27.3 Å². The fraction of sp³-hybridized carbons (Fsp3) is 0.393. The Labute approximate surface area is 245 Å². The Morgan fingerprint density at radius 3 is 2.40 bits per heavy atom. The minimum atomic E-state index is -1.83. The summed E-state index contributed by atoms with van der Waals surface area (Å²) in [6.45, 7) is 2.39. The first-order valence-corrected chi connectivity index (χ1v) is 13.9. The van der Waals surface area contributed by atoms with E-state index in [0.29, 0.717) is 23.0 Å². The predicted molar refractivity (Wildman–Crippen MR) is 149 cm³/mol. The van der Waals surface area contributed by atoms with Crippen molar-refractivity contribution in [3.05, 3.63) is 70.8 Å². The largest absolute Gasteiger partial charge is 0.479 e. The van der Waals surface area contributed by atoms with Crippen LogP contribution < -0.4 is 0 Å². The van der Waals surface area contributed by atoms with E-state index in [-0.39, 0.29) is 12.4 Å². The van der Waals surface area contributed by atoms with Crippen LogP contribution >= 0.6 is 11.6 Å². The molecule has 0 spiro atoms. The van der Waals surface area contributed by atoms with Gasteiger partial charge in [0.15, 0.2) is 11.3 Å². The monoisotopic (exact) mass is 598 g/mol. The molecule has 3 heterocycles. The van der Waals surface area contributed by atoms with Crippen molar-refractivity contribution in [1.29, 1.82) is 0 Å². The molecule has 1 aliphatic heterocycles. The number of hydrogen-bond acceptors (Lipinski definition) is 10. The first-order chi connectivity index (χ1) is 20.2. The summed E-state index contributed by atoms with van der Waals surface area (Å²) in [5.74, 6) is -0.495. The average molecular weight is 599 g/mol. The van der Waals surface area contributed by atoms with Crippen molar-refractivity contribution in [2.24, 2.45) is 0 Å². The molecule has 13 nitrogen and oxygen atoms in total. The van der Waals surface area contributed by atoms with Gasteiger partial charge in [-0.25, -0.2) is 9.78 Å². The number of halogens is 1. The molecule has 0 saturated carbocycles. The minimum absolute atomic E-state index is 0.180. The maximum atomic E-state index is 11.5. The number of aliphatic hydroxyl groups excluding tert-OH is 4. The third-order valence-electron chi connectivity index (χ3n) is 7.27. The molecule has 14 heteroatoms. The number of tetrazole rings is 1. The molecule has 0 radical (unpaired) electrons. The van der Waals surface area contributed by atoms with E-state index >= 15 is 0 Å². The molecule has 1 saturated heterocycles. The zero-order valence-corrected chi connectivity index (χ0v) is 23.4. The first-order valence-electron chi connectivity index (χ1n) is 13.5. The van der Waals surface area contributed by atoms with E-state index in [1.807, 2.05) is 41.0 Å². The lowest BCUT2D eigenvalue weighted by Crippen LogP contribution is -2.58. The number of carbonyl (C=O) groups is 1. The quantitative estimate of drug-likeness (QED) is 0.179. The SMILES string of the molecule is CCCCc1nc(Cl)c(CO)n1Cc1ccc(-c2ccccc2-c2nnn([C@@H]3O[C@H](C(=O)O)[C@@H](O)[C@H](O)[C@@H]3O)n2)cc1. The molecule has 0 aliphatic carbocycles. The van der Waals surface area contributed by atoms with Gasteiger partial charge in [0.25, 0.3) is 0 Å². The summed E-state index contributed by atoms with van der Waals surface area (Å²) in [4.78, 5) is 16.8. The fourth-order valence-electron chi connectivity index (χ4n) is 4.97. The van der Waals surface area contributed by atoms with Crippen LogP contribution in [-0.4, -0.2) is 85.7 Å². The molecular formula is C28H31ClN6O7. The number of hydrogen-bond donors (Lipinski definition) is 5. The van der Waals surface area contributed by atoms with E-state index < -0.39 is 36.6 Å². The predicted octanol–water partition coefficient (Wildman–Crippen LogP) is 1.80. The van der Waals surface area contributed by atoms with Gasteiger partial charge in [-0.2, -0.15) is 0 Å². The summed E-state index contributed by atoms with van der Waals surface area (Å²) in [7, 11) is 0. The van der Waals surface area contributed by atoms with E-state index in [1.165, 1.54) is 0 Å². The molecule has 1 aliphatic rings. The van der Waals surface area contributed by atoms with Crippen LogP contribution in [0.4, 0.5) is 0 Å². The molecule has 1 fully saturated rings. The molecule has 0 unspecified atom stereocenters. The van der Waals surface area contributed by atoms with E-state index in [1.54, 1.807) is 12.1 Å². The van der Waals surface area contributed by atoms with E-state index in [9.17, 15) is 30.3 Å². The maximum absolute atomic E-state index is 11.5. The Morgan fingerprint density at radius 1 is 1.02 bits per heavy atom. The highest BCUT2D eigenvalue weighted by molar-refractivity contribution is 6.30. The van der Waals surface area contributed by atoms with Crippen LogP contribution in [0.15, 0.2) is 48.5 Å². The summed E-state index contributed by atoms with van der Waals surface area (Å²) >= 11 is 6.29. The lowest BCUT2D eigenvalue weighted by molar-refractivity contribution is -0.251. The smallest absolute Gasteiger partial charge is 0.335 e. The van der Waals surface area contributed by atoms with Gasteiger partial charge in [0.2, 0.25) is 12.1 Å². The van der Waals surface area contributed by atoms with Gasteiger partial charge in [-0.1, -0.05) is 73.5 Å². The third-order valence-corrected chi connectivity index (χ3v) is 7.57.